The Bertz CT molecular complexity index is 537. The predicted molar refractivity (Wildman–Crippen MR) is 70.9 cm³/mol. The lowest BCUT2D eigenvalue weighted by atomic mass is 9.98. The smallest absolute Gasteiger partial charge is 0.167 e. The van der Waals surface area contributed by atoms with Gasteiger partial charge in [-0.3, -0.25) is 0 Å². The Hall–Kier alpha value is -2.03. The van der Waals surface area contributed by atoms with Crippen LogP contribution in [0.2, 0.25) is 0 Å². The van der Waals surface area contributed by atoms with Gasteiger partial charge in [0.05, 0.1) is 0 Å². The zero-order chi connectivity index (χ0) is 13.2. The van der Waals surface area contributed by atoms with Crippen molar-refractivity contribution < 1.29 is 9.13 Å². The molecule has 0 unspecified atom stereocenters. The molecule has 2 aromatic rings. The second-order valence-electron chi connectivity index (χ2n) is 4.67. The number of hydrogen-bond acceptors (Lipinski definition) is 2. The minimum Gasteiger partial charge on any atom is -0.480 e. The molecule has 0 aromatic heterocycles. The van der Waals surface area contributed by atoms with E-state index in [-0.39, 0.29) is 5.75 Å². The summed E-state index contributed by atoms with van der Waals surface area (Å²) in [5.74, 6) is -0.239. The molecule has 94 valence electrons. The molecular weight excluding hydrogens is 229 g/mol. The number of halogens is 1. The summed E-state index contributed by atoms with van der Waals surface area (Å²) in [5.41, 5.74) is 6.28. The summed E-state index contributed by atoms with van der Waals surface area (Å²) >= 11 is 0. The van der Waals surface area contributed by atoms with Crippen LogP contribution in [-0.4, -0.2) is 0 Å². The average Bonchev–Trinajstić information content (AvgIpc) is 2.34. The Morgan fingerprint density at radius 3 is 2.33 bits per heavy atom. The maximum Gasteiger partial charge on any atom is 0.167 e. The van der Waals surface area contributed by atoms with E-state index in [4.69, 9.17) is 10.5 Å². The molecule has 18 heavy (non-hydrogen) atoms. The molecule has 3 heteroatoms. The van der Waals surface area contributed by atoms with E-state index in [1.165, 1.54) is 6.07 Å². The van der Waals surface area contributed by atoms with Crippen molar-refractivity contribution in [2.75, 3.05) is 5.73 Å². The molecule has 2 rings (SSSR count). The minimum atomic E-state index is -0.599. The van der Waals surface area contributed by atoms with Crippen LogP contribution in [0.15, 0.2) is 48.5 Å². The number of nitrogens with two attached hydrogens (primary N) is 1. The number of hydrogen-bond donors (Lipinski definition) is 1. The summed E-state index contributed by atoms with van der Waals surface area (Å²) in [6.45, 7) is 3.80. The van der Waals surface area contributed by atoms with Gasteiger partial charge < -0.3 is 10.5 Å². The molecular formula is C15H16FNO. The highest BCUT2D eigenvalue weighted by Gasteiger charge is 2.23. The zero-order valence-corrected chi connectivity index (χ0v) is 10.5. The van der Waals surface area contributed by atoms with E-state index in [2.05, 4.69) is 0 Å². The van der Waals surface area contributed by atoms with Gasteiger partial charge in [0.2, 0.25) is 0 Å². The first-order valence-corrected chi connectivity index (χ1v) is 5.78. The van der Waals surface area contributed by atoms with Gasteiger partial charge in [0.1, 0.15) is 5.60 Å². The molecule has 0 aliphatic carbocycles. The van der Waals surface area contributed by atoms with Crippen LogP contribution < -0.4 is 10.5 Å². The lowest BCUT2D eigenvalue weighted by Crippen LogP contribution is -2.25. The van der Waals surface area contributed by atoms with Gasteiger partial charge in [-0.05, 0) is 31.5 Å². The molecule has 0 atom stereocenters. The van der Waals surface area contributed by atoms with Crippen molar-refractivity contribution in [3.8, 4) is 5.75 Å². The van der Waals surface area contributed by atoms with Crippen LogP contribution in [0.5, 0.6) is 5.75 Å². The first kappa shape index (κ1) is 12.4. The standard InChI is InChI=1S/C15H16FNO/c1-15(2,11-6-4-3-5-7-11)18-14-9-8-12(17)10-13(14)16/h3-10H,17H2,1-2H3. The number of anilines is 1. The molecule has 0 saturated carbocycles. The van der Waals surface area contributed by atoms with E-state index in [1.54, 1.807) is 12.1 Å². The SMILES string of the molecule is CC(C)(Oc1ccc(N)cc1F)c1ccccc1. The molecule has 2 nitrogen and oxygen atoms in total. The van der Waals surface area contributed by atoms with E-state index >= 15 is 0 Å². The highest BCUT2D eigenvalue weighted by Crippen LogP contribution is 2.29. The highest BCUT2D eigenvalue weighted by atomic mass is 19.1. The number of benzene rings is 2. The second-order valence-corrected chi connectivity index (χ2v) is 4.67. The van der Waals surface area contributed by atoms with Gasteiger partial charge in [-0.25, -0.2) is 4.39 Å². The normalized spacial score (nSPS) is 11.3. The van der Waals surface area contributed by atoms with Gasteiger partial charge >= 0.3 is 0 Å². The maximum atomic E-state index is 13.7. The monoisotopic (exact) mass is 245 g/mol. The van der Waals surface area contributed by atoms with Crippen molar-refractivity contribution in [3.05, 3.63) is 59.9 Å². The fourth-order valence-electron chi connectivity index (χ4n) is 1.77. The van der Waals surface area contributed by atoms with Crippen LogP contribution in [0.3, 0.4) is 0 Å². The Morgan fingerprint density at radius 1 is 1.06 bits per heavy atom. The van der Waals surface area contributed by atoms with Gasteiger partial charge in [0.25, 0.3) is 0 Å². The molecule has 0 radical (unpaired) electrons. The summed E-state index contributed by atoms with van der Waals surface area (Å²) in [5, 5.41) is 0. The fraction of sp³-hybridized carbons (Fsp3) is 0.200. The third-order valence-electron chi connectivity index (χ3n) is 2.79. The summed E-state index contributed by atoms with van der Waals surface area (Å²) in [7, 11) is 0. The second kappa shape index (κ2) is 4.69. The summed E-state index contributed by atoms with van der Waals surface area (Å²) in [6, 6.07) is 14.1. The van der Waals surface area contributed by atoms with E-state index in [1.807, 2.05) is 44.2 Å². The van der Waals surface area contributed by atoms with Crippen LogP contribution in [0, 0.1) is 5.82 Å². The first-order valence-electron chi connectivity index (χ1n) is 5.78. The third-order valence-corrected chi connectivity index (χ3v) is 2.79. The third kappa shape index (κ3) is 2.62. The molecule has 0 amide bonds. The van der Waals surface area contributed by atoms with Crippen LogP contribution in [0.1, 0.15) is 19.4 Å². The number of rotatable bonds is 3. The Kier molecular flexibility index (Phi) is 3.24. The molecule has 2 aromatic carbocycles. The maximum absolute atomic E-state index is 13.7. The average molecular weight is 245 g/mol. The van der Waals surface area contributed by atoms with Gasteiger partial charge in [0, 0.05) is 11.8 Å². The molecule has 2 N–H and O–H groups in total. The van der Waals surface area contributed by atoms with E-state index in [9.17, 15) is 4.39 Å². The van der Waals surface area contributed by atoms with E-state index in [0.29, 0.717) is 5.69 Å². The molecule has 0 saturated heterocycles. The molecule has 0 heterocycles. The van der Waals surface area contributed by atoms with Gasteiger partial charge in [0.15, 0.2) is 11.6 Å². The Labute approximate surface area is 106 Å². The molecule has 0 fully saturated rings. The van der Waals surface area contributed by atoms with E-state index in [0.717, 1.165) is 5.56 Å². The molecule has 0 aliphatic rings. The van der Waals surface area contributed by atoms with Crippen molar-refractivity contribution in [1.29, 1.82) is 0 Å². The van der Waals surface area contributed by atoms with Crippen LogP contribution in [0.4, 0.5) is 10.1 Å². The number of ether oxygens (including phenoxy) is 1. The van der Waals surface area contributed by atoms with Crippen molar-refractivity contribution >= 4 is 5.69 Å². The van der Waals surface area contributed by atoms with Crippen LogP contribution in [-0.2, 0) is 5.60 Å². The summed E-state index contributed by atoms with van der Waals surface area (Å²) < 4.78 is 19.4. The predicted octanol–water partition coefficient (Wildman–Crippen LogP) is 3.72. The first-order chi connectivity index (χ1) is 8.49. The quantitative estimate of drug-likeness (QED) is 0.836. The van der Waals surface area contributed by atoms with Crippen molar-refractivity contribution in [1.82, 2.24) is 0 Å². The van der Waals surface area contributed by atoms with E-state index < -0.39 is 11.4 Å². The lowest BCUT2D eigenvalue weighted by molar-refractivity contribution is 0.103. The Balaban J connectivity index is 2.28. The van der Waals surface area contributed by atoms with Gasteiger partial charge in [-0.1, -0.05) is 30.3 Å². The van der Waals surface area contributed by atoms with Gasteiger partial charge in [-0.2, -0.15) is 0 Å². The molecule has 0 aliphatic heterocycles. The zero-order valence-electron chi connectivity index (χ0n) is 10.5. The Morgan fingerprint density at radius 2 is 1.72 bits per heavy atom. The summed E-state index contributed by atoms with van der Waals surface area (Å²) in [6.07, 6.45) is 0. The van der Waals surface area contributed by atoms with Crippen LogP contribution in [0.25, 0.3) is 0 Å². The largest absolute Gasteiger partial charge is 0.480 e. The number of nitrogen functional groups attached to an aromatic ring is 1. The topological polar surface area (TPSA) is 35.2 Å². The highest BCUT2D eigenvalue weighted by molar-refractivity contribution is 5.43. The molecule has 0 bridgehead atoms. The fourth-order valence-corrected chi connectivity index (χ4v) is 1.77. The van der Waals surface area contributed by atoms with Crippen molar-refractivity contribution in [3.63, 3.8) is 0 Å². The lowest BCUT2D eigenvalue weighted by Gasteiger charge is -2.27. The molecule has 0 spiro atoms. The van der Waals surface area contributed by atoms with Crippen molar-refractivity contribution in [2.45, 2.75) is 19.4 Å². The minimum absolute atomic E-state index is 0.207. The van der Waals surface area contributed by atoms with Crippen LogP contribution >= 0.6 is 0 Å². The van der Waals surface area contributed by atoms with Crippen molar-refractivity contribution in [2.24, 2.45) is 0 Å². The summed E-state index contributed by atoms with van der Waals surface area (Å²) in [4.78, 5) is 0. The van der Waals surface area contributed by atoms with Gasteiger partial charge in [-0.15, -0.1) is 0 Å².